The molecule has 0 amide bonds. The number of nitrogens with one attached hydrogen (secondary N) is 2. The van der Waals surface area contributed by atoms with E-state index in [1.54, 1.807) is 0 Å². The zero-order valence-corrected chi connectivity index (χ0v) is 6.02. The molecular weight excluding hydrogens is 112 g/mol. The SMILES string of the molecule is CC/C=C\N/C=C\NC. The van der Waals surface area contributed by atoms with Gasteiger partial charge in [0.25, 0.3) is 0 Å². The Balaban J connectivity index is 3.08. The summed E-state index contributed by atoms with van der Waals surface area (Å²) in [6, 6.07) is 0. The minimum absolute atomic E-state index is 1.07. The fourth-order valence-corrected chi connectivity index (χ4v) is 0.373. The predicted molar refractivity (Wildman–Crippen MR) is 40.8 cm³/mol. The zero-order valence-electron chi connectivity index (χ0n) is 6.02. The lowest BCUT2D eigenvalue weighted by atomic mass is 10.5. The first-order valence-corrected chi connectivity index (χ1v) is 3.15. The Kier molecular flexibility index (Phi) is 6.36. The van der Waals surface area contributed by atoms with Crippen LogP contribution in [0.3, 0.4) is 0 Å². The standard InChI is InChI=1S/C7H14N2/c1-3-4-5-9-7-6-8-2/h4-9H,3H2,1-2H3/b5-4-,7-6-. The highest BCUT2D eigenvalue weighted by atomic mass is 14.8. The number of hydrogen-bond donors (Lipinski definition) is 2. The molecule has 0 aromatic rings. The van der Waals surface area contributed by atoms with Gasteiger partial charge in [0.15, 0.2) is 0 Å². The van der Waals surface area contributed by atoms with Crippen LogP contribution in [0.5, 0.6) is 0 Å². The van der Waals surface area contributed by atoms with Crippen LogP contribution in [0.1, 0.15) is 13.3 Å². The molecule has 0 spiro atoms. The third-order valence-corrected chi connectivity index (χ3v) is 0.796. The van der Waals surface area contributed by atoms with Crippen molar-refractivity contribution < 1.29 is 0 Å². The fraction of sp³-hybridized carbons (Fsp3) is 0.429. The van der Waals surface area contributed by atoms with Crippen LogP contribution in [0.15, 0.2) is 24.7 Å². The first-order valence-electron chi connectivity index (χ1n) is 3.15. The maximum Gasteiger partial charge on any atom is 0.0163 e. The van der Waals surface area contributed by atoms with Gasteiger partial charge in [-0.3, -0.25) is 0 Å². The quantitative estimate of drug-likeness (QED) is 0.591. The molecule has 9 heavy (non-hydrogen) atoms. The second-order valence-corrected chi connectivity index (χ2v) is 1.60. The van der Waals surface area contributed by atoms with E-state index in [0.29, 0.717) is 0 Å². The number of rotatable bonds is 4. The molecule has 0 aromatic carbocycles. The van der Waals surface area contributed by atoms with Crippen molar-refractivity contribution in [3.8, 4) is 0 Å². The summed E-state index contributed by atoms with van der Waals surface area (Å²) in [6.07, 6.45) is 8.71. The molecule has 2 heteroatoms. The van der Waals surface area contributed by atoms with Crippen LogP contribution in [0.4, 0.5) is 0 Å². The van der Waals surface area contributed by atoms with Crippen molar-refractivity contribution in [2.45, 2.75) is 13.3 Å². The van der Waals surface area contributed by atoms with E-state index >= 15 is 0 Å². The Morgan fingerprint density at radius 1 is 1.22 bits per heavy atom. The van der Waals surface area contributed by atoms with Crippen LogP contribution in [-0.2, 0) is 0 Å². The highest BCUT2D eigenvalue weighted by Gasteiger charge is 1.63. The van der Waals surface area contributed by atoms with Gasteiger partial charge in [-0.05, 0) is 12.6 Å². The van der Waals surface area contributed by atoms with Crippen LogP contribution in [0.2, 0.25) is 0 Å². The van der Waals surface area contributed by atoms with Gasteiger partial charge in [0.1, 0.15) is 0 Å². The molecule has 52 valence electrons. The molecule has 0 saturated carbocycles. The summed E-state index contributed by atoms with van der Waals surface area (Å²) in [4.78, 5) is 0. The lowest BCUT2D eigenvalue weighted by Crippen LogP contribution is -1.97. The monoisotopic (exact) mass is 126 g/mol. The molecule has 0 rings (SSSR count). The largest absolute Gasteiger partial charge is 0.393 e. The third-order valence-electron chi connectivity index (χ3n) is 0.796. The molecule has 0 unspecified atom stereocenters. The van der Waals surface area contributed by atoms with Gasteiger partial charge in [0, 0.05) is 19.4 Å². The maximum absolute atomic E-state index is 2.96. The average molecular weight is 126 g/mol. The molecule has 0 radical (unpaired) electrons. The van der Waals surface area contributed by atoms with Crippen molar-refractivity contribution in [1.82, 2.24) is 10.6 Å². The maximum atomic E-state index is 2.96. The molecule has 0 fully saturated rings. The van der Waals surface area contributed by atoms with Gasteiger partial charge in [0.2, 0.25) is 0 Å². The van der Waals surface area contributed by atoms with Crippen LogP contribution in [0, 0.1) is 0 Å². The van der Waals surface area contributed by atoms with Crippen molar-refractivity contribution in [3.05, 3.63) is 24.7 Å². The molecule has 2 N–H and O–H groups in total. The fourth-order valence-electron chi connectivity index (χ4n) is 0.373. The Morgan fingerprint density at radius 2 is 2.00 bits per heavy atom. The second-order valence-electron chi connectivity index (χ2n) is 1.60. The third kappa shape index (κ3) is 7.08. The van der Waals surface area contributed by atoms with Crippen molar-refractivity contribution >= 4 is 0 Å². The lowest BCUT2D eigenvalue weighted by molar-refractivity contribution is 1.05. The van der Waals surface area contributed by atoms with Crippen LogP contribution < -0.4 is 10.6 Å². The van der Waals surface area contributed by atoms with Crippen molar-refractivity contribution in [3.63, 3.8) is 0 Å². The van der Waals surface area contributed by atoms with E-state index in [1.807, 2.05) is 25.6 Å². The Bertz CT molecular complexity index is 83.1. The van der Waals surface area contributed by atoms with E-state index in [1.165, 1.54) is 0 Å². The molecular formula is C7H14N2. The molecule has 0 aromatic heterocycles. The minimum Gasteiger partial charge on any atom is -0.393 e. The van der Waals surface area contributed by atoms with E-state index in [4.69, 9.17) is 0 Å². The van der Waals surface area contributed by atoms with Gasteiger partial charge < -0.3 is 10.6 Å². The topological polar surface area (TPSA) is 24.1 Å². The van der Waals surface area contributed by atoms with Gasteiger partial charge >= 0.3 is 0 Å². The van der Waals surface area contributed by atoms with E-state index < -0.39 is 0 Å². The van der Waals surface area contributed by atoms with Crippen LogP contribution >= 0.6 is 0 Å². The van der Waals surface area contributed by atoms with E-state index in [-0.39, 0.29) is 0 Å². The molecule has 0 aliphatic carbocycles. The summed E-state index contributed by atoms with van der Waals surface area (Å²) >= 11 is 0. The van der Waals surface area contributed by atoms with Crippen LogP contribution in [-0.4, -0.2) is 7.05 Å². The van der Waals surface area contributed by atoms with Crippen molar-refractivity contribution in [2.24, 2.45) is 0 Å². The second kappa shape index (κ2) is 7.08. The zero-order chi connectivity index (χ0) is 6.95. The predicted octanol–water partition coefficient (Wildman–Crippen LogP) is 1.19. The first kappa shape index (κ1) is 8.08. The average Bonchev–Trinajstić information content (AvgIpc) is 1.89. The van der Waals surface area contributed by atoms with Crippen molar-refractivity contribution in [1.29, 1.82) is 0 Å². The van der Waals surface area contributed by atoms with Crippen molar-refractivity contribution in [2.75, 3.05) is 7.05 Å². The molecule has 0 heterocycles. The summed E-state index contributed by atoms with van der Waals surface area (Å²) in [7, 11) is 1.86. The minimum atomic E-state index is 1.07. The van der Waals surface area contributed by atoms with Gasteiger partial charge in [-0.1, -0.05) is 13.0 Å². The highest BCUT2D eigenvalue weighted by Crippen LogP contribution is 1.74. The summed E-state index contributed by atoms with van der Waals surface area (Å²) in [5, 5.41) is 5.83. The van der Waals surface area contributed by atoms with Gasteiger partial charge in [-0.25, -0.2) is 0 Å². The molecule has 0 aliphatic heterocycles. The summed E-state index contributed by atoms with van der Waals surface area (Å²) < 4.78 is 0. The van der Waals surface area contributed by atoms with E-state index in [2.05, 4.69) is 23.6 Å². The molecule has 0 aliphatic rings. The number of hydrogen-bond acceptors (Lipinski definition) is 2. The van der Waals surface area contributed by atoms with E-state index in [0.717, 1.165) is 6.42 Å². The lowest BCUT2D eigenvalue weighted by Gasteiger charge is -1.87. The van der Waals surface area contributed by atoms with Gasteiger partial charge in [0.05, 0.1) is 0 Å². The summed E-state index contributed by atoms with van der Waals surface area (Å²) in [5.74, 6) is 0. The number of allylic oxidation sites excluding steroid dienone is 1. The van der Waals surface area contributed by atoms with Gasteiger partial charge in [-0.15, -0.1) is 0 Å². The van der Waals surface area contributed by atoms with Gasteiger partial charge in [-0.2, -0.15) is 0 Å². The summed E-state index contributed by atoms with van der Waals surface area (Å²) in [6.45, 7) is 2.10. The van der Waals surface area contributed by atoms with E-state index in [9.17, 15) is 0 Å². The van der Waals surface area contributed by atoms with Crippen LogP contribution in [0.25, 0.3) is 0 Å². The molecule has 0 bridgehead atoms. The summed E-state index contributed by atoms with van der Waals surface area (Å²) in [5.41, 5.74) is 0. The Labute approximate surface area is 56.6 Å². The molecule has 0 atom stereocenters. The molecule has 0 saturated heterocycles. The Morgan fingerprint density at radius 3 is 2.56 bits per heavy atom. The highest BCUT2D eigenvalue weighted by molar-refractivity contribution is 4.85. The Hall–Kier alpha value is -0.920. The normalized spacial score (nSPS) is 10.9. The smallest absolute Gasteiger partial charge is 0.0163 e. The molecule has 2 nitrogen and oxygen atoms in total. The first-order chi connectivity index (χ1) is 4.41.